The highest BCUT2D eigenvalue weighted by Gasteiger charge is 2.49. The molecule has 1 aliphatic heterocycles. The van der Waals surface area contributed by atoms with Gasteiger partial charge in [-0.3, -0.25) is 9.69 Å². The summed E-state index contributed by atoms with van der Waals surface area (Å²) in [5.74, 6) is -0.00805. The number of rotatable bonds is 4. The predicted molar refractivity (Wildman–Crippen MR) is 89.6 cm³/mol. The maximum absolute atomic E-state index is 12.9. The van der Waals surface area contributed by atoms with Crippen LogP contribution in [0.5, 0.6) is 0 Å². The Morgan fingerprint density at radius 1 is 1.26 bits per heavy atom. The average molecular weight is 363 g/mol. The number of benzene rings is 1. The highest BCUT2D eigenvalue weighted by atomic mass is 16.5. The molecule has 3 amide bonds. The van der Waals surface area contributed by atoms with Crippen LogP contribution in [0.4, 0.5) is 4.79 Å². The van der Waals surface area contributed by atoms with Crippen molar-refractivity contribution in [2.24, 2.45) is 0 Å². The van der Waals surface area contributed by atoms with Crippen molar-refractivity contribution in [2.45, 2.75) is 19.0 Å². The first-order chi connectivity index (χ1) is 13.0. The average Bonchev–Trinajstić information content (AvgIpc) is 3.40. The number of urea groups is 1. The van der Waals surface area contributed by atoms with Crippen molar-refractivity contribution >= 4 is 11.9 Å². The van der Waals surface area contributed by atoms with E-state index in [-0.39, 0.29) is 18.3 Å². The molecule has 1 aliphatic rings. The number of carbonyl (C=O) groups is 2. The summed E-state index contributed by atoms with van der Waals surface area (Å²) < 4.78 is 10.1. The lowest BCUT2D eigenvalue weighted by atomic mass is 9.91. The number of aromatic nitrogens is 2. The number of nitrogens with zero attached hydrogens (tertiary/aromatic N) is 4. The van der Waals surface area contributed by atoms with E-state index < -0.39 is 17.5 Å². The van der Waals surface area contributed by atoms with Gasteiger partial charge in [0, 0.05) is 0 Å². The molecular weight excluding hydrogens is 350 g/mol. The number of hydrogen-bond donors (Lipinski definition) is 1. The van der Waals surface area contributed by atoms with E-state index in [4.69, 9.17) is 14.2 Å². The molecule has 2 aromatic heterocycles. The molecule has 134 valence electrons. The fraction of sp³-hybridized carbons (Fsp3) is 0.167. The molecule has 1 atom stereocenters. The Kier molecular flexibility index (Phi) is 3.74. The van der Waals surface area contributed by atoms with Gasteiger partial charge in [0.05, 0.1) is 30.0 Å². The van der Waals surface area contributed by atoms with Gasteiger partial charge < -0.3 is 14.3 Å². The van der Waals surface area contributed by atoms with Gasteiger partial charge in [0.2, 0.25) is 0 Å². The quantitative estimate of drug-likeness (QED) is 0.704. The standard InChI is InChI=1S/C18H13N5O4/c1-18(13-4-2-11(8-19)3-5-13)16(24)23(17(25)21-18)9-14-20-15(27-22-14)12-6-7-26-10-12/h2-7,10H,9H2,1H3,(H,21,25). The third kappa shape index (κ3) is 2.73. The number of nitriles is 1. The van der Waals surface area contributed by atoms with Gasteiger partial charge >= 0.3 is 6.03 Å². The van der Waals surface area contributed by atoms with Gasteiger partial charge in [-0.1, -0.05) is 17.3 Å². The molecule has 0 spiro atoms. The van der Waals surface area contributed by atoms with Crippen molar-refractivity contribution < 1.29 is 18.5 Å². The number of imide groups is 1. The summed E-state index contributed by atoms with van der Waals surface area (Å²) >= 11 is 0. The normalized spacial score (nSPS) is 19.2. The summed E-state index contributed by atoms with van der Waals surface area (Å²) in [5, 5.41) is 15.4. The topological polar surface area (TPSA) is 125 Å². The third-order valence-electron chi connectivity index (χ3n) is 4.40. The van der Waals surface area contributed by atoms with Crippen LogP contribution in [-0.4, -0.2) is 27.0 Å². The van der Waals surface area contributed by atoms with E-state index in [0.717, 1.165) is 4.90 Å². The van der Waals surface area contributed by atoms with E-state index in [9.17, 15) is 9.59 Å². The molecule has 9 heteroatoms. The maximum Gasteiger partial charge on any atom is 0.325 e. The molecule has 27 heavy (non-hydrogen) atoms. The van der Waals surface area contributed by atoms with Gasteiger partial charge in [0.25, 0.3) is 11.8 Å². The second-order valence-corrected chi connectivity index (χ2v) is 6.16. The zero-order chi connectivity index (χ0) is 19.0. The predicted octanol–water partition coefficient (Wildman–Crippen LogP) is 2.17. The van der Waals surface area contributed by atoms with E-state index in [1.807, 2.05) is 6.07 Å². The van der Waals surface area contributed by atoms with Crippen LogP contribution in [0.2, 0.25) is 0 Å². The molecule has 0 radical (unpaired) electrons. The minimum atomic E-state index is -1.23. The molecule has 1 saturated heterocycles. The lowest BCUT2D eigenvalue weighted by molar-refractivity contribution is -0.131. The fourth-order valence-electron chi connectivity index (χ4n) is 2.88. The third-order valence-corrected chi connectivity index (χ3v) is 4.40. The van der Waals surface area contributed by atoms with Crippen LogP contribution in [0, 0.1) is 11.3 Å². The van der Waals surface area contributed by atoms with Crippen molar-refractivity contribution in [2.75, 3.05) is 0 Å². The molecule has 1 unspecified atom stereocenters. The van der Waals surface area contributed by atoms with Crippen LogP contribution in [-0.2, 0) is 16.9 Å². The van der Waals surface area contributed by atoms with Crippen LogP contribution in [0.25, 0.3) is 11.5 Å². The molecule has 0 saturated carbocycles. The van der Waals surface area contributed by atoms with Gasteiger partial charge in [-0.2, -0.15) is 10.2 Å². The second kappa shape index (κ2) is 6.10. The van der Waals surface area contributed by atoms with E-state index in [1.165, 1.54) is 12.5 Å². The number of amides is 3. The Hall–Kier alpha value is -3.93. The summed E-state index contributed by atoms with van der Waals surface area (Å²) in [5.41, 5.74) is 0.417. The van der Waals surface area contributed by atoms with Crippen LogP contribution >= 0.6 is 0 Å². The molecule has 1 fully saturated rings. The van der Waals surface area contributed by atoms with Crippen LogP contribution in [0.1, 0.15) is 23.9 Å². The molecule has 0 aliphatic carbocycles. The van der Waals surface area contributed by atoms with Crippen molar-refractivity contribution in [1.82, 2.24) is 20.4 Å². The first-order valence-electron chi connectivity index (χ1n) is 8.01. The Labute approximate surface area is 153 Å². The molecule has 1 N–H and O–H groups in total. The Bertz CT molecular complexity index is 1050. The summed E-state index contributed by atoms with van der Waals surface area (Å²) in [4.78, 5) is 30.5. The van der Waals surface area contributed by atoms with Gasteiger partial charge in [0.1, 0.15) is 11.8 Å². The van der Waals surface area contributed by atoms with E-state index >= 15 is 0 Å². The Balaban J connectivity index is 1.57. The lowest BCUT2D eigenvalue weighted by Gasteiger charge is -2.22. The van der Waals surface area contributed by atoms with Crippen LogP contribution in [0.3, 0.4) is 0 Å². The molecule has 4 rings (SSSR count). The van der Waals surface area contributed by atoms with Crippen LogP contribution < -0.4 is 5.32 Å². The van der Waals surface area contributed by atoms with E-state index in [0.29, 0.717) is 16.7 Å². The minimum absolute atomic E-state index is 0.127. The summed E-state index contributed by atoms with van der Waals surface area (Å²) in [6, 6.07) is 9.60. The van der Waals surface area contributed by atoms with Crippen molar-refractivity contribution in [3.8, 4) is 17.5 Å². The van der Waals surface area contributed by atoms with Gasteiger partial charge in [-0.15, -0.1) is 0 Å². The molecule has 1 aromatic carbocycles. The Morgan fingerprint density at radius 3 is 2.70 bits per heavy atom. The smallest absolute Gasteiger partial charge is 0.325 e. The SMILES string of the molecule is CC1(c2ccc(C#N)cc2)NC(=O)N(Cc2noc(-c3ccoc3)n2)C1=O. The molecule has 9 nitrogen and oxygen atoms in total. The van der Waals surface area contributed by atoms with Crippen molar-refractivity contribution in [1.29, 1.82) is 5.26 Å². The second-order valence-electron chi connectivity index (χ2n) is 6.16. The first kappa shape index (κ1) is 16.5. The summed E-state index contributed by atoms with van der Waals surface area (Å²) in [6.45, 7) is 1.49. The molecule has 3 aromatic rings. The zero-order valence-electron chi connectivity index (χ0n) is 14.2. The number of carbonyl (C=O) groups excluding carboxylic acids is 2. The molecular formula is C18H13N5O4. The summed E-state index contributed by atoms with van der Waals surface area (Å²) in [7, 11) is 0. The number of hydrogen-bond acceptors (Lipinski definition) is 7. The van der Waals surface area contributed by atoms with Crippen molar-refractivity contribution in [3.05, 3.63) is 59.8 Å². The molecule has 3 heterocycles. The molecule has 0 bridgehead atoms. The van der Waals surface area contributed by atoms with Crippen molar-refractivity contribution in [3.63, 3.8) is 0 Å². The highest BCUT2D eigenvalue weighted by Crippen LogP contribution is 2.30. The first-order valence-corrected chi connectivity index (χ1v) is 8.01. The lowest BCUT2D eigenvalue weighted by Crippen LogP contribution is -2.40. The van der Waals surface area contributed by atoms with E-state index in [1.54, 1.807) is 37.3 Å². The fourth-order valence-corrected chi connectivity index (χ4v) is 2.88. The van der Waals surface area contributed by atoms with Gasteiger partial charge in [-0.05, 0) is 30.7 Å². The highest BCUT2D eigenvalue weighted by molar-refractivity contribution is 6.07. The van der Waals surface area contributed by atoms with Gasteiger partial charge in [0.15, 0.2) is 5.82 Å². The summed E-state index contributed by atoms with van der Waals surface area (Å²) in [6.07, 6.45) is 2.92. The van der Waals surface area contributed by atoms with Crippen LogP contribution in [0.15, 0.2) is 51.8 Å². The zero-order valence-corrected chi connectivity index (χ0v) is 14.2. The number of furan rings is 1. The Morgan fingerprint density at radius 2 is 2.04 bits per heavy atom. The minimum Gasteiger partial charge on any atom is -0.472 e. The van der Waals surface area contributed by atoms with E-state index in [2.05, 4.69) is 15.5 Å². The van der Waals surface area contributed by atoms with Gasteiger partial charge in [-0.25, -0.2) is 4.79 Å². The largest absolute Gasteiger partial charge is 0.472 e. The maximum atomic E-state index is 12.9. The monoisotopic (exact) mass is 363 g/mol. The number of nitrogens with one attached hydrogen (secondary N) is 1.